The highest BCUT2D eigenvalue weighted by molar-refractivity contribution is 6.09. The maximum atomic E-state index is 9.49. The number of guanidine groups is 1. The predicted molar refractivity (Wildman–Crippen MR) is 222 cm³/mol. The molecule has 0 spiro atoms. The van der Waals surface area contributed by atoms with Gasteiger partial charge in [0.25, 0.3) is 0 Å². The second-order valence-corrected chi connectivity index (χ2v) is 12.6. The molecule has 0 radical (unpaired) electrons. The third kappa shape index (κ3) is 7.11. The molecule has 0 unspecified atom stereocenters. The molecule has 5 heteroatoms. The van der Waals surface area contributed by atoms with E-state index in [9.17, 15) is 5.41 Å². The summed E-state index contributed by atoms with van der Waals surface area (Å²) in [5.74, 6) is 0.743. The Morgan fingerprint density at radius 1 is 0.538 bits per heavy atom. The number of fused-ring (bicyclic) bond motifs is 2. The Labute approximate surface area is 306 Å². The predicted octanol–water partition coefficient (Wildman–Crippen LogP) is 10.9. The highest BCUT2D eigenvalue weighted by Crippen LogP contribution is 2.40. The number of anilines is 3. The quantitative estimate of drug-likeness (QED) is 0.144. The van der Waals surface area contributed by atoms with Crippen LogP contribution in [0, 0.1) is 5.41 Å². The summed E-state index contributed by atoms with van der Waals surface area (Å²) in [6, 6.07) is 54.2. The molecular weight excluding hydrogens is 635 g/mol. The van der Waals surface area contributed by atoms with Crippen molar-refractivity contribution >= 4 is 40.0 Å². The molecule has 0 aliphatic carbocycles. The number of benzene rings is 6. The summed E-state index contributed by atoms with van der Waals surface area (Å²) in [6.45, 7) is 9.96. The number of aliphatic imine (C=N–C) groups is 1. The van der Waals surface area contributed by atoms with Gasteiger partial charge in [0, 0.05) is 53.8 Å². The topological polar surface area (TPSA) is 54.7 Å². The fraction of sp³-hybridized carbons (Fsp3) is 0.0638. The van der Waals surface area contributed by atoms with Crippen LogP contribution >= 0.6 is 0 Å². The number of hydrogen-bond donors (Lipinski definition) is 2. The fourth-order valence-electron chi connectivity index (χ4n) is 6.71. The molecular formula is C47H41N5. The number of nitrogens with zero attached hydrogens (tertiary/aromatic N) is 3. The van der Waals surface area contributed by atoms with Crippen LogP contribution in [0.4, 0.5) is 17.1 Å². The SMILES string of the molecule is C=C1/C=C\C(=C)c2ccccc2N(c2ccccc2-c2ccc(-c3ccccc3)cc2)CCN(C(=N)/N=C(\NC)c2ccccc2)c2ccccc21. The Kier molecular flexibility index (Phi) is 10.0. The third-order valence-electron chi connectivity index (χ3n) is 9.37. The van der Waals surface area contributed by atoms with Crippen LogP contribution < -0.4 is 15.1 Å². The highest BCUT2D eigenvalue weighted by atomic mass is 15.3. The summed E-state index contributed by atoms with van der Waals surface area (Å²) >= 11 is 0. The van der Waals surface area contributed by atoms with E-state index in [1.807, 2.05) is 78.7 Å². The second-order valence-electron chi connectivity index (χ2n) is 12.6. The van der Waals surface area contributed by atoms with Gasteiger partial charge in [0.05, 0.1) is 5.69 Å². The van der Waals surface area contributed by atoms with E-state index < -0.39 is 0 Å². The van der Waals surface area contributed by atoms with Crippen molar-refractivity contribution in [1.29, 1.82) is 5.41 Å². The highest BCUT2D eigenvalue weighted by Gasteiger charge is 2.23. The van der Waals surface area contributed by atoms with Gasteiger partial charge in [-0.2, -0.15) is 4.99 Å². The largest absolute Gasteiger partial charge is 0.373 e. The van der Waals surface area contributed by atoms with Gasteiger partial charge in [-0.25, -0.2) is 0 Å². The normalized spacial score (nSPS) is 14.1. The van der Waals surface area contributed by atoms with Crippen LogP contribution in [0.2, 0.25) is 0 Å². The third-order valence-corrected chi connectivity index (χ3v) is 9.37. The first kappa shape index (κ1) is 33.8. The molecule has 2 N–H and O–H groups in total. The molecule has 5 nitrogen and oxygen atoms in total. The molecule has 0 atom stereocenters. The minimum absolute atomic E-state index is 0.122. The molecule has 254 valence electrons. The van der Waals surface area contributed by atoms with E-state index in [1.54, 1.807) is 0 Å². The van der Waals surface area contributed by atoms with Crippen molar-refractivity contribution in [2.24, 2.45) is 4.99 Å². The van der Waals surface area contributed by atoms with E-state index in [0.717, 1.165) is 56.0 Å². The zero-order valence-electron chi connectivity index (χ0n) is 29.3. The van der Waals surface area contributed by atoms with E-state index >= 15 is 0 Å². The van der Waals surface area contributed by atoms with Crippen molar-refractivity contribution in [3.8, 4) is 22.3 Å². The number of nitrogens with one attached hydrogen (secondary N) is 2. The van der Waals surface area contributed by atoms with Crippen molar-refractivity contribution in [2.75, 3.05) is 29.9 Å². The van der Waals surface area contributed by atoms with Gasteiger partial charge in [0.15, 0.2) is 0 Å². The van der Waals surface area contributed by atoms with Crippen LogP contribution in [0.3, 0.4) is 0 Å². The van der Waals surface area contributed by atoms with Crippen LogP contribution in [-0.4, -0.2) is 31.9 Å². The molecule has 1 heterocycles. The fourth-order valence-corrected chi connectivity index (χ4v) is 6.71. The Bertz CT molecular complexity index is 2280. The van der Waals surface area contributed by atoms with E-state index in [2.05, 4.69) is 127 Å². The zero-order valence-corrected chi connectivity index (χ0v) is 29.3. The first-order chi connectivity index (χ1) is 25.5. The van der Waals surface area contributed by atoms with Crippen molar-refractivity contribution in [2.45, 2.75) is 0 Å². The van der Waals surface area contributed by atoms with Crippen LogP contribution in [0.25, 0.3) is 33.4 Å². The van der Waals surface area contributed by atoms with Crippen LogP contribution in [-0.2, 0) is 0 Å². The van der Waals surface area contributed by atoms with Gasteiger partial charge < -0.3 is 15.1 Å². The lowest BCUT2D eigenvalue weighted by Crippen LogP contribution is -2.38. The average molecular weight is 676 g/mol. The Morgan fingerprint density at radius 2 is 1.00 bits per heavy atom. The molecule has 0 bridgehead atoms. The summed E-state index contributed by atoms with van der Waals surface area (Å²) in [5.41, 5.74) is 12.1. The molecule has 0 saturated carbocycles. The van der Waals surface area contributed by atoms with Crippen molar-refractivity contribution in [3.05, 3.63) is 200 Å². The summed E-state index contributed by atoms with van der Waals surface area (Å²) < 4.78 is 0. The van der Waals surface area contributed by atoms with Gasteiger partial charge in [0.2, 0.25) is 5.96 Å². The van der Waals surface area contributed by atoms with Crippen molar-refractivity contribution in [3.63, 3.8) is 0 Å². The number of rotatable bonds is 4. The number of para-hydroxylation sites is 3. The van der Waals surface area contributed by atoms with E-state index in [1.165, 1.54) is 11.1 Å². The van der Waals surface area contributed by atoms with Crippen molar-refractivity contribution < 1.29 is 0 Å². The van der Waals surface area contributed by atoms with Gasteiger partial charge in [-0.05, 0) is 46.0 Å². The van der Waals surface area contributed by atoms with E-state index in [0.29, 0.717) is 18.9 Å². The second kappa shape index (κ2) is 15.4. The van der Waals surface area contributed by atoms with Crippen LogP contribution in [0.15, 0.2) is 188 Å². The summed E-state index contributed by atoms with van der Waals surface area (Å²) in [7, 11) is 1.84. The molecule has 6 aromatic carbocycles. The minimum Gasteiger partial charge on any atom is -0.373 e. The lowest BCUT2D eigenvalue weighted by Gasteiger charge is -2.33. The minimum atomic E-state index is 0.122. The maximum Gasteiger partial charge on any atom is 0.224 e. The van der Waals surface area contributed by atoms with Gasteiger partial charge in [-0.1, -0.05) is 165 Å². The number of allylic oxidation sites excluding steroid dienone is 4. The van der Waals surface area contributed by atoms with Crippen LogP contribution in [0.1, 0.15) is 16.7 Å². The van der Waals surface area contributed by atoms with Gasteiger partial charge in [-0.15, -0.1) is 0 Å². The first-order valence-corrected chi connectivity index (χ1v) is 17.5. The lowest BCUT2D eigenvalue weighted by atomic mass is 9.97. The molecule has 1 aliphatic rings. The molecule has 52 heavy (non-hydrogen) atoms. The maximum absolute atomic E-state index is 9.49. The first-order valence-electron chi connectivity index (χ1n) is 17.5. The molecule has 1 aliphatic heterocycles. The molecule has 0 amide bonds. The number of amidine groups is 1. The Morgan fingerprint density at radius 3 is 1.62 bits per heavy atom. The number of hydrogen-bond acceptors (Lipinski definition) is 2. The molecule has 0 aromatic heterocycles. The Hall–Kier alpha value is -6.72. The average Bonchev–Trinajstić information content (AvgIpc) is 3.21. The van der Waals surface area contributed by atoms with Gasteiger partial charge in [-0.3, -0.25) is 5.41 Å². The molecule has 0 saturated heterocycles. The van der Waals surface area contributed by atoms with Gasteiger partial charge >= 0.3 is 0 Å². The smallest absolute Gasteiger partial charge is 0.224 e. The van der Waals surface area contributed by atoms with Gasteiger partial charge in [0.1, 0.15) is 5.84 Å². The summed E-state index contributed by atoms with van der Waals surface area (Å²) in [4.78, 5) is 9.21. The van der Waals surface area contributed by atoms with Crippen molar-refractivity contribution in [1.82, 2.24) is 5.32 Å². The zero-order chi connectivity index (χ0) is 35.9. The van der Waals surface area contributed by atoms with E-state index in [4.69, 9.17) is 4.99 Å². The summed E-state index contributed by atoms with van der Waals surface area (Å²) in [5, 5.41) is 12.7. The Balaban J connectivity index is 1.36. The monoisotopic (exact) mass is 675 g/mol. The molecule has 7 rings (SSSR count). The standard InChI is InChI=1S/C47H41N5/c1-34-26-27-35(2)41-21-11-14-24-44(41)52(47(48)50-46(49-3)39-18-8-5-9-19-39)33-32-51(43-23-13-10-20-40(34)43)45-25-15-12-22-42(45)38-30-28-37(29-31-38)36-16-6-4-7-17-36/h4-31H,1-2,32-33H2,3H3,(H2,48,49,50)/b27-26-. The van der Waals surface area contributed by atoms with E-state index in [-0.39, 0.29) is 5.96 Å². The summed E-state index contributed by atoms with van der Waals surface area (Å²) in [6.07, 6.45) is 4.05. The lowest BCUT2D eigenvalue weighted by molar-refractivity contribution is 0.890. The molecule has 6 aromatic rings. The molecule has 0 fully saturated rings. The van der Waals surface area contributed by atoms with Crippen LogP contribution in [0.5, 0.6) is 0 Å².